The van der Waals surface area contributed by atoms with Gasteiger partial charge in [0.2, 0.25) is 0 Å². The summed E-state index contributed by atoms with van der Waals surface area (Å²) < 4.78 is 25.9. The third kappa shape index (κ3) is 3.75. The summed E-state index contributed by atoms with van der Waals surface area (Å²) in [6.45, 7) is 0. The van der Waals surface area contributed by atoms with Gasteiger partial charge >= 0.3 is 0 Å². The first-order valence-electron chi connectivity index (χ1n) is 7.89. The Bertz CT molecular complexity index is 1090. The first-order valence-corrected chi connectivity index (χ1v) is 8.71. The Balaban J connectivity index is 1.83. The second kappa shape index (κ2) is 7.46. The Hall–Kier alpha value is -3.39. The van der Waals surface area contributed by atoms with Gasteiger partial charge in [0, 0.05) is 36.4 Å². The second-order valence-corrected chi connectivity index (χ2v) is 6.39. The highest BCUT2D eigenvalue weighted by molar-refractivity contribution is 7.18. The lowest BCUT2D eigenvalue weighted by Crippen LogP contribution is -1.92. The first-order chi connectivity index (χ1) is 13.2. The van der Waals surface area contributed by atoms with Gasteiger partial charge in [-0.15, -0.1) is 11.3 Å². The van der Waals surface area contributed by atoms with Crippen LogP contribution in [0.4, 0.5) is 8.78 Å². The van der Waals surface area contributed by atoms with E-state index in [1.54, 1.807) is 55.1 Å². The number of halogens is 2. The number of pyridine rings is 2. The minimum absolute atomic E-state index is 0.164. The largest absolute Gasteiger partial charge is 0.272 e. The minimum atomic E-state index is -1.82. The molecule has 0 bridgehead atoms. The molecule has 0 radical (unpaired) electrons. The van der Waals surface area contributed by atoms with Crippen LogP contribution < -0.4 is 0 Å². The second-order valence-electron chi connectivity index (χ2n) is 5.39. The molecule has 5 nitrogen and oxygen atoms in total. The van der Waals surface area contributed by atoms with Crippen LogP contribution in [0.2, 0.25) is 0 Å². The summed E-state index contributed by atoms with van der Waals surface area (Å²) in [4.78, 5) is 21.9. The van der Waals surface area contributed by atoms with E-state index in [4.69, 9.17) is 0 Å². The van der Waals surface area contributed by atoms with E-state index in [2.05, 4.69) is 24.9 Å². The Morgan fingerprint density at radius 1 is 0.889 bits per heavy atom. The van der Waals surface area contributed by atoms with Crippen LogP contribution in [0.5, 0.6) is 0 Å². The average Bonchev–Trinajstić information content (AvgIpc) is 3.12. The number of rotatable bonds is 4. The quantitative estimate of drug-likeness (QED) is 0.501. The van der Waals surface area contributed by atoms with Gasteiger partial charge in [-0.2, -0.15) is 8.78 Å². The van der Waals surface area contributed by atoms with E-state index < -0.39 is 6.08 Å². The molecule has 4 aromatic heterocycles. The van der Waals surface area contributed by atoms with E-state index in [0.717, 1.165) is 11.6 Å². The van der Waals surface area contributed by atoms with Crippen molar-refractivity contribution < 1.29 is 8.78 Å². The average molecular weight is 379 g/mol. The fraction of sp³-hybridized carbons (Fsp3) is 0. The molecule has 4 rings (SSSR count). The van der Waals surface area contributed by atoms with Crippen molar-refractivity contribution in [1.29, 1.82) is 0 Å². The van der Waals surface area contributed by atoms with Crippen molar-refractivity contribution in [2.45, 2.75) is 0 Å². The molecule has 0 saturated heterocycles. The van der Waals surface area contributed by atoms with E-state index in [1.165, 1.54) is 11.3 Å². The molecule has 0 atom stereocenters. The van der Waals surface area contributed by atoms with Gasteiger partial charge in [-0.25, -0.2) is 19.9 Å². The maximum atomic E-state index is 12.9. The molecule has 0 aromatic carbocycles. The Morgan fingerprint density at radius 2 is 1.70 bits per heavy atom. The molecule has 8 heteroatoms. The zero-order chi connectivity index (χ0) is 18.6. The Morgan fingerprint density at radius 3 is 2.44 bits per heavy atom. The molecule has 0 amide bonds. The molecule has 0 aliphatic rings. The van der Waals surface area contributed by atoms with Crippen LogP contribution in [0.1, 0.15) is 5.69 Å². The van der Waals surface area contributed by atoms with Gasteiger partial charge < -0.3 is 0 Å². The van der Waals surface area contributed by atoms with Crippen molar-refractivity contribution in [2.75, 3.05) is 0 Å². The SMILES string of the molecule is FC(F)=Cc1nc(-c2cccnc2)sc1-c1cccc(-c2ncccn2)n1. The topological polar surface area (TPSA) is 64.5 Å². The zero-order valence-electron chi connectivity index (χ0n) is 13.8. The maximum Gasteiger partial charge on any atom is 0.272 e. The van der Waals surface area contributed by atoms with Gasteiger partial charge in [-0.05, 0) is 30.3 Å². The van der Waals surface area contributed by atoms with Crippen LogP contribution >= 0.6 is 11.3 Å². The van der Waals surface area contributed by atoms with Gasteiger partial charge in [0.25, 0.3) is 6.08 Å². The first kappa shape index (κ1) is 17.0. The Labute approximate surface area is 157 Å². The maximum absolute atomic E-state index is 12.9. The highest BCUT2D eigenvalue weighted by Crippen LogP contribution is 2.36. The summed E-state index contributed by atoms with van der Waals surface area (Å²) in [6, 6.07) is 10.6. The molecule has 0 spiro atoms. The number of hydrogen-bond acceptors (Lipinski definition) is 6. The predicted octanol–water partition coefficient (Wildman–Crippen LogP) is 4.96. The molecule has 0 aliphatic heterocycles. The third-order valence-corrected chi connectivity index (χ3v) is 4.73. The summed E-state index contributed by atoms with van der Waals surface area (Å²) in [5.41, 5.74) is 2.00. The molecule has 132 valence electrons. The monoisotopic (exact) mass is 379 g/mol. The van der Waals surface area contributed by atoms with E-state index in [1.807, 2.05) is 6.07 Å². The van der Waals surface area contributed by atoms with E-state index >= 15 is 0 Å². The summed E-state index contributed by atoms with van der Waals surface area (Å²) >= 11 is 1.28. The molecule has 0 unspecified atom stereocenters. The van der Waals surface area contributed by atoms with Gasteiger partial charge in [-0.1, -0.05) is 6.07 Å². The Kier molecular flexibility index (Phi) is 4.71. The molecule has 0 aliphatic carbocycles. The number of nitrogens with zero attached hydrogens (tertiary/aromatic N) is 5. The van der Waals surface area contributed by atoms with E-state index in [0.29, 0.717) is 27.1 Å². The summed E-state index contributed by atoms with van der Waals surface area (Å²) in [6.07, 6.45) is 5.46. The van der Waals surface area contributed by atoms with Gasteiger partial charge in [0.1, 0.15) is 10.7 Å². The fourth-order valence-electron chi connectivity index (χ4n) is 2.45. The smallest absolute Gasteiger partial charge is 0.264 e. The molecule has 0 fully saturated rings. The molecular weight excluding hydrogens is 368 g/mol. The molecule has 27 heavy (non-hydrogen) atoms. The van der Waals surface area contributed by atoms with E-state index in [-0.39, 0.29) is 5.69 Å². The summed E-state index contributed by atoms with van der Waals surface area (Å²) in [7, 11) is 0. The highest BCUT2D eigenvalue weighted by atomic mass is 32.1. The van der Waals surface area contributed by atoms with Crippen LogP contribution in [0, 0.1) is 0 Å². The van der Waals surface area contributed by atoms with Crippen molar-refractivity contribution in [1.82, 2.24) is 24.9 Å². The fourth-order valence-corrected chi connectivity index (χ4v) is 3.45. The lowest BCUT2D eigenvalue weighted by molar-refractivity contribution is 0.429. The van der Waals surface area contributed by atoms with Crippen molar-refractivity contribution in [2.24, 2.45) is 0 Å². The lowest BCUT2D eigenvalue weighted by Gasteiger charge is -2.02. The van der Waals surface area contributed by atoms with Gasteiger partial charge in [0.05, 0.1) is 16.3 Å². The number of thiazole rings is 1. The number of aromatic nitrogens is 5. The minimum Gasteiger partial charge on any atom is -0.264 e. The predicted molar refractivity (Wildman–Crippen MR) is 99.8 cm³/mol. The molecule has 0 N–H and O–H groups in total. The lowest BCUT2D eigenvalue weighted by atomic mass is 10.2. The zero-order valence-corrected chi connectivity index (χ0v) is 14.6. The van der Waals surface area contributed by atoms with Crippen molar-refractivity contribution >= 4 is 17.4 Å². The normalized spacial score (nSPS) is 10.6. The molecule has 4 heterocycles. The highest BCUT2D eigenvalue weighted by Gasteiger charge is 2.16. The van der Waals surface area contributed by atoms with E-state index in [9.17, 15) is 8.78 Å². The van der Waals surface area contributed by atoms with Crippen LogP contribution in [0.25, 0.3) is 38.7 Å². The summed E-state index contributed by atoms with van der Waals surface area (Å²) in [5, 5.41) is 0.591. The summed E-state index contributed by atoms with van der Waals surface area (Å²) in [5.74, 6) is 0.463. The third-order valence-electron chi connectivity index (χ3n) is 3.58. The van der Waals surface area contributed by atoms with Crippen molar-refractivity contribution in [3.63, 3.8) is 0 Å². The standard InChI is InChI=1S/C19H11F2N5S/c20-16(21)10-15-17(27-19(26-15)12-4-2-7-22-11-12)13-5-1-6-14(25-13)18-23-8-3-9-24-18/h1-11H. The van der Waals surface area contributed by atoms with Crippen LogP contribution in [0.3, 0.4) is 0 Å². The van der Waals surface area contributed by atoms with Crippen molar-refractivity contribution in [3.8, 4) is 32.7 Å². The number of hydrogen-bond donors (Lipinski definition) is 0. The molecule has 4 aromatic rings. The van der Waals surface area contributed by atoms with Crippen LogP contribution in [0.15, 0.2) is 67.3 Å². The van der Waals surface area contributed by atoms with Crippen LogP contribution in [-0.2, 0) is 0 Å². The molecular formula is C19H11F2N5S. The van der Waals surface area contributed by atoms with Crippen molar-refractivity contribution in [3.05, 3.63) is 73.0 Å². The van der Waals surface area contributed by atoms with Gasteiger partial charge in [0.15, 0.2) is 5.82 Å². The van der Waals surface area contributed by atoms with Gasteiger partial charge in [-0.3, -0.25) is 4.98 Å². The molecule has 0 saturated carbocycles. The van der Waals surface area contributed by atoms with Crippen LogP contribution in [-0.4, -0.2) is 24.9 Å².